The fraction of sp³-hybridized carbons (Fsp3) is 0.500. The van der Waals surface area contributed by atoms with E-state index in [1.165, 1.54) is 11.8 Å². The van der Waals surface area contributed by atoms with Gasteiger partial charge in [-0.3, -0.25) is 9.99 Å². The van der Waals surface area contributed by atoms with Gasteiger partial charge in [0.25, 0.3) is 0 Å². The summed E-state index contributed by atoms with van der Waals surface area (Å²) in [7, 11) is 0. The third kappa shape index (κ3) is 4.41. The molecule has 0 aromatic carbocycles. The molecule has 132 valence electrons. The molecule has 0 radical (unpaired) electrons. The third-order valence-corrected chi connectivity index (χ3v) is 4.21. The lowest BCUT2D eigenvalue weighted by Gasteiger charge is -2.28. The van der Waals surface area contributed by atoms with Gasteiger partial charge in [0.15, 0.2) is 5.03 Å². The molecule has 0 N–H and O–H groups in total. The summed E-state index contributed by atoms with van der Waals surface area (Å²) in [6.45, 7) is 1.05. The van der Waals surface area contributed by atoms with E-state index in [0.717, 1.165) is 11.1 Å². The highest BCUT2D eigenvalue weighted by Crippen LogP contribution is 2.31. The predicted octanol–water partition coefficient (Wildman–Crippen LogP) is 2.59. The van der Waals surface area contributed by atoms with Gasteiger partial charge >= 0.3 is 6.18 Å². The number of hydrazone groups is 1. The third-order valence-electron chi connectivity index (χ3n) is 3.26. The van der Waals surface area contributed by atoms with Crippen LogP contribution in [-0.2, 0) is 6.18 Å². The molecule has 0 spiro atoms. The Morgan fingerprint density at radius 2 is 2.04 bits per heavy atom. The van der Waals surface area contributed by atoms with E-state index in [1.54, 1.807) is 11.3 Å². The molecule has 1 saturated heterocycles. The number of aromatic nitrogens is 1. The number of hydrazine groups is 1. The maximum Gasteiger partial charge on any atom is 0.417 e. The number of alkyl halides is 3. The maximum absolute atomic E-state index is 12.7. The van der Waals surface area contributed by atoms with Crippen LogP contribution >= 0.6 is 23.4 Å². The van der Waals surface area contributed by atoms with Crippen molar-refractivity contribution in [2.24, 2.45) is 5.10 Å². The van der Waals surface area contributed by atoms with Crippen LogP contribution in [0, 0.1) is 10.1 Å². The van der Waals surface area contributed by atoms with Crippen LogP contribution in [0.15, 0.2) is 17.4 Å². The van der Waals surface area contributed by atoms with Gasteiger partial charge in [-0.15, -0.1) is 16.8 Å². The van der Waals surface area contributed by atoms with Gasteiger partial charge in [0.05, 0.1) is 36.8 Å². The lowest BCUT2D eigenvalue weighted by atomic mass is 10.2. The van der Waals surface area contributed by atoms with Crippen LogP contribution in [0.25, 0.3) is 0 Å². The first-order chi connectivity index (χ1) is 11.2. The molecule has 1 aliphatic heterocycles. The van der Waals surface area contributed by atoms with E-state index in [4.69, 9.17) is 11.6 Å². The standard InChI is InChI=1S/C12H13ClF3N5O2S/c1-24-11(18-19-2-4-20(5-3-19)21(22)23)10-9(13)6-8(7-17-10)12(14,15)16/h6-7H,2-5H2,1H3. The van der Waals surface area contributed by atoms with Gasteiger partial charge in [-0.1, -0.05) is 11.6 Å². The highest BCUT2D eigenvalue weighted by molar-refractivity contribution is 8.13. The Hall–Kier alpha value is -1.75. The smallest absolute Gasteiger partial charge is 0.292 e. The molecule has 0 saturated carbocycles. The molecule has 1 aromatic rings. The average molecular weight is 384 g/mol. The Labute approximate surface area is 144 Å². The SMILES string of the molecule is CSC(=NN1CCN([N+](=O)[O-])CC1)c1ncc(C(F)(F)F)cc1Cl. The summed E-state index contributed by atoms with van der Waals surface area (Å²) in [4.78, 5) is 14.4. The number of hydrogen-bond acceptors (Lipinski definition) is 6. The van der Waals surface area contributed by atoms with Gasteiger partial charge in [0, 0.05) is 6.20 Å². The zero-order chi connectivity index (χ0) is 17.9. The minimum atomic E-state index is -4.52. The highest BCUT2D eigenvalue weighted by Gasteiger charge is 2.32. The second-order valence-electron chi connectivity index (χ2n) is 4.81. The maximum atomic E-state index is 12.7. The van der Waals surface area contributed by atoms with Crippen LogP contribution in [0.3, 0.4) is 0 Å². The Morgan fingerprint density at radius 1 is 1.42 bits per heavy atom. The average Bonchev–Trinajstić information content (AvgIpc) is 2.52. The van der Waals surface area contributed by atoms with Crippen LogP contribution in [-0.4, -0.2) is 57.5 Å². The molecule has 1 aromatic heterocycles. The predicted molar refractivity (Wildman–Crippen MR) is 84.4 cm³/mol. The zero-order valence-electron chi connectivity index (χ0n) is 12.5. The molecule has 1 fully saturated rings. The fourth-order valence-corrected chi connectivity index (χ4v) is 2.88. The zero-order valence-corrected chi connectivity index (χ0v) is 14.0. The van der Waals surface area contributed by atoms with Gasteiger partial charge in [0.2, 0.25) is 0 Å². The number of halogens is 4. The summed E-state index contributed by atoms with van der Waals surface area (Å²) < 4.78 is 38.0. The van der Waals surface area contributed by atoms with Crippen molar-refractivity contribution in [3.63, 3.8) is 0 Å². The van der Waals surface area contributed by atoms with E-state index < -0.39 is 16.8 Å². The summed E-state index contributed by atoms with van der Waals surface area (Å²) in [6, 6.07) is 0.806. The van der Waals surface area contributed by atoms with Crippen LogP contribution in [0.1, 0.15) is 11.3 Å². The molecule has 2 rings (SSSR count). The lowest BCUT2D eigenvalue weighted by Crippen LogP contribution is -2.46. The Kier molecular flexibility index (Phi) is 5.75. The molecule has 0 amide bonds. The fourth-order valence-electron chi connectivity index (χ4n) is 2.01. The second-order valence-corrected chi connectivity index (χ2v) is 6.01. The van der Waals surface area contributed by atoms with E-state index in [-0.39, 0.29) is 23.8 Å². The molecule has 1 aliphatic rings. The second kappa shape index (κ2) is 7.43. The van der Waals surface area contributed by atoms with Crippen molar-refractivity contribution < 1.29 is 18.2 Å². The van der Waals surface area contributed by atoms with Gasteiger partial charge in [-0.25, -0.2) is 10.1 Å². The number of rotatable bonds is 3. The first-order valence-corrected chi connectivity index (χ1v) is 8.32. The van der Waals surface area contributed by atoms with E-state index in [1.807, 2.05) is 0 Å². The molecule has 24 heavy (non-hydrogen) atoms. The number of thioether (sulfide) groups is 1. The largest absolute Gasteiger partial charge is 0.417 e. The van der Waals surface area contributed by atoms with Gasteiger partial charge in [-0.05, 0) is 12.3 Å². The van der Waals surface area contributed by atoms with Crippen molar-refractivity contribution in [2.75, 3.05) is 32.4 Å². The van der Waals surface area contributed by atoms with Gasteiger partial charge in [0.1, 0.15) is 10.7 Å². The molecule has 0 unspecified atom stereocenters. The number of pyridine rings is 1. The summed E-state index contributed by atoms with van der Waals surface area (Å²) in [6.07, 6.45) is -2.12. The molecule has 12 heteroatoms. The van der Waals surface area contributed by atoms with Crippen LogP contribution in [0.4, 0.5) is 13.2 Å². The molecule has 0 bridgehead atoms. The summed E-state index contributed by atoms with van der Waals surface area (Å²) >= 11 is 7.10. The van der Waals surface area contributed by atoms with E-state index >= 15 is 0 Å². The first-order valence-electron chi connectivity index (χ1n) is 6.72. The minimum Gasteiger partial charge on any atom is -0.292 e. The summed E-state index contributed by atoms with van der Waals surface area (Å²) in [5.74, 6) is 0. The Bertz CT molecular complexity index is 650. The lowest BCUT2D eigenvalue weighted by molar-refractivity contribution is -0.657. The number of nitro groups is 1. The molecule has 7 nitrogen and oxygen atoms in total. The molecular formula is C12H13ClF3N5O2S. The first kappa shape index (κ1) is 18.6. The summed E-state index contributed by atoms with van der Waals surface area (Å²) in [5, 5.41) is 17.4. The topological polar surface area (TPSA) is 74.9 Å². The van der Waals surface area contributed by atoms with Crippen LogP contribution in [0.5, 0.6) is 0 Å². The quantitative estimate of drug-likeness (QED) is 0.345. The van der Waals surface area contributed by atoms with Crippen molar-refractivity contribution in [1.29, 1.82) is 0 Å². The van der Waals surface area contributed by atoms with E-state index in [0.29, 0.717) is 24.3 Å². The van der Waals surface area contributed by atoms with Crippen molar-refractivity contribution in [3.8, 4) is 0 Å². The molecular weight excluding hydrogens is 371 g/mol. The molecule has 0 aliphatic carbocycles. The van der Waals surface area contributed by atoms with Crippen molar-refractivity contribution in [3.05, 3.63) is 38.7 Å². The van der Waals surface area contributed by atoms with E-state index in [2.05, 4.69) is 10.1 Å². The minimum absolute atomic E-state index is 0.147. The number of nitrogens with zero attached hydrogens (tertiary/aromatic N) is 5. The van der Waals surface area contributed by atoms with Crippen molar-refractivity contribution in [2.45, 2.75) is 6.18 Å². The Morgan fingerprint density at radius 3 is 2.50 bits per heavy atom. The molecule has 2 heterocycles. The number of piperazine rings is 1. The monoisotopic (exact) mass is 383 g/mol. The van der Waals surface area contributed by atoms with Crippen LogP contribution in [0.2, 0.25) is 5.02 Å². The normalized spacial score (nSPS) is 16.5. The Balaban J connectivity index is 2.18. The van der Waals surface area contributed by atoms with Crippen LogP contribution < -0.4 is 0 Å². The highest BCUT2D eigenvalue weighted by atomic mass is 35.5. The molecule has 0 atom stereocenters. The van der Waals surface area contributed by atoms with E-state index in [9.17, 15) is 23.3 Å². The summed E-state index contributed by atoms with van der Waals surface area (Å²) in [5.41, 5.74) is -0.787. The number of hydrogen-bond donors (Lipinski definition) is 0. The van der Waals surface area contributed by atoms with Crippen molar-refractivity contribution in [1.82, 2.24) is 15.0 Å². The van der Waals surface area contributed by atoms with Gasteiger partial charge in [-0.2, -0.15) is 18.3 Å². The van der Waals surface area contributed by atoms with Gasteiger partial charge < -0.3 is 0 Å². The van der Waals surface area contributed by atoms with Crippen molar-refractivity contribution >= 4 is 28.4 Å².